The Kier molecular flexibility index (Phi) is 4.70. The van der Waals surface area contributed by atoms with E-state index in [1.807, 2.05) is 6.07 Å². The summed E-state index contributed by atoms with van der Waals surface area (Å²) < 4.78 is 13.3. The highest BCUT2D eigenvalue weighted by Crippen LogP contribution is 2.28. The summed E-state index contributed by atoms with van der Waals surface area (Å²) in [5, 5.41) is 2.37. The predicted octanol–water partition coefficient (Wildman–Crippen LogP) is 4.46. The molecule has 2 aromatic carbocycles. The van der Waals surface area contributed by atoms with Gasteiger partial charge in [-0.1, -0.05) is 35.3 Å². The summed E-state index contributed by atoms with van der Waals surface area (Å²) >= 11 is 11.4. The predicted molar refractivity (Wildman–Crippen MR) is 84.3 cm³/mol. The van der Waals surface area contributed by atoms with Crippen LogP contribution in [0.2, 0.25) is 10.0 Å². The molecule has 3 nitrogen and oxygen atoms in total. The summed E-state index contributed by atoms with van der Waals surface area (Å²) in [5.74, 6) is -1.39. The molecule has 21 heavy (non-hydrogen) atoms. The summed E-state index contributed by atoms with van der Waals surface area (Å²) in [7, 11) is 0. The molecular formula is C15H13Cl2FN2O. The van der Waals surface area contributed by atoms with Gasteiger partial charge < -0.3 is 11.1 Å². The van der Waals surface area contributed by atoms with Gasteiger partial charge in [0.25, 0.3) is 0 Å². The van der Waals surface area contributed by atoms with Crippen LogP contribution in [0.25, 0.3) is 0 Å². The molecule has 0 saturated carbocycles. The first kappa shape index (κ1) is 15.6. The summed E-state index contributed by atoms with van der Waals surface area (Å²) in [6, 6.07) is 9.69. The molecule has 1 unspecified atom stereocenters. The maximum absolute atomic E-state index is 13.3. The maximum atomic E-state index is 13.3. The molecule has 0 aliphatic heterocycles. The highest BCUT2D eigenvalue weighted by atomic mass is 35.5. The number of carbonyl (C=O) groups excluding carboxylic acids is 1. The minimum atomic E-state index is -0.708. The molecule has 3 N–H and O–H groups in total. The van der Waals surface area contributed by atoms with Crippen molar-refractivity contribution in [3.8, 4) is 0 Å². The maximum Gasteiger partial charge on any atom is 0.231 e. The lowest BCUT2D eigenvalue weighted by molar-refractivity contribution is -0.117. The second kappa shape index (κ2) is 6.33. The molecule has 0 aromatic heterocycles. The van der Waals surface area contributed by atoms with E-state index in [4.69, 9.17) is 28.9 Å². The first-order valence-corrected chi connectivity index (χ1v) is 6.95. The van der Waals surface area contributed by atoms with Gasteiger partial charge in [-0.25, -0.2) is 4.39 Å². The Morgan fingerprint density at radius 1 is 1.24 bits per heavy atom. The van der Waals surface area contributed by atoms with Crippen molar-refractivity contribution in [2.75, 3.05) is 11.1 Å². The molecule has 1 amide bonds. The van der Waals surface area contributed by atoms with Gasteiger partial charge in [0.1, 0.15) is 0 Å². The van der Waals surface area contributed by atoms with Gasteiger partial charge in [0, 0.05) is 11.4 Å². The Morgan fingerprint density at radius 2 is 1.86 bits per heavy atom. The highest BCUT2D eigenvalue weighted by molar-refractivity contribution is 6.35. The van der Waals surface area contributed by atoms with Crippen LogP contribution in [-0.4, -0.2) is 5.91 Å². The topological polar surface area (TPSA) is 55.1 Å². The van der Waals surface area contributed by atoms with Crippen LogP contribution in [-0.2, 0) is 4.79 Å². The van der Waals surface area contributed by atoms with Gasteiger partial charge in [-0.15, -0.1) is 0 Å². The van der Waals surface area contributed by atoms with E-state index in [2.05, 4.69) is 5.32 Å². The third-order valence-corrected chi connectivity index (χ3v) is 3.61. The Bertz CT molecular complexity index is 668. The average molecular weight is 327 g/mol. The molecular weight excluding hydrogens is 314 g/mol. The Morgan fingerprint density at radius 3 is 2.43 bits per heavy atom. The van der Waals surface area contributed by atoms with E-state index in [1.54, 1.807) is 25.1 Å². The van der Waals surface area contributed by atoms with E-state index in [0.29, 0.717) is 11.4 Å². The first-order chi connectivity index (χ1) is 9.88. The lowest BCUT2D eigenvalue weighted by Gasteiger charge is -2.13. The quantitative estimate of drug-likeness (QED) is 0.646. The van der Waals surface area contributed by atoms with Gasteiger partial charge >= 0.3 is 0 Å². The average Bonchev–Trinajstić information content (AvgIpc) is 2.43. The van der Waals surface area contributed by atoms with Crippen LogP contribution in [0.3, 0.4) is 0 Å². The van der Waals surface area contributed by atoms with Gasteiger partial charge in [0.15, 0.2) is 5.82 Å². The van der Waals surface area contributed by atoms with Crippen molar-refractivity contribution in [1.29, 1.82) is 0 Å². The molecule has 0 heterocycles. The second-order valence-electron chi connectivity index (χ2n) is 4.63. The Labute approximate surface area is 131 Å². The number of hydrogen-bond donors (Lipinski definition) is 2. The van der Waals surface area contributed by atoms with Crippen LogP contribution < -0.4 is 11.1 Å². The Hall–Kier alpha value is -1.78. The number of benzene rings is 2. The summed E-state index contributed by atoms with van der Waals surface area (Å²) in [4.78, 5) is 12.2. The smallest absolute Gasteiger partial charge is 0.231 e. The van der Waals surface area contributed by atoms with Gasteiger partial charge in [0.2, 0.25) is 5.91 Å². The number of amides is 1. The van der Waals surface area contributed by atoms with E-state index < -0.39 is 11.7 Å². The third-order valence-electron chi connectivity index (χ3n) is 3.06. The molecule has 0 aliphatic carbocycles. The number of nitrogens with one attached hydrogen (secondary N) is 1. The number of hydrogen-bond acceptors (Lipinski definition) is 2. The lowest BCUT2D eigenvalue weighted by Crippen LogP contribution is -2.19. The Balaban J connectivity index is 2.18. The SMILES string of the molecule is CC(C(=O)Nc1cc(Cl)c(F)c(Cl)c1)c1cccc(N)c1. The van der Waals surface area contributed by atoms with Crippen molar-refractivity contribution >= 4 is 40.5 Å². The summed E-state index contributed by atoms with van der Waals surface area (Å²) in [5.41, 5.74) is 7.40. The summed E-state index contributed by atoms with van der Waals surface area (Å²) in [6.45, 7) is 1.75. The highest BCUT2D eigenvalue weighted by Gasteiger charge is 2.17. The van der Waals surface area contributed by atoms with Crippen LogP contribution in [0, 0.1) is 5.82 Å². The number of carbonyl (C=O) groups is 1. The lowest BCUT2D eigenvalue weighted by atomic mass is 10.00. The van der Waals surface area contributed by atoms with E-state index in [1.165, 1.54) is 12.1 Å². The molecule has 2 aromatic rings. The zero-order valence-electron chi connectivity index (χ0n) is 11.2. The van der Waals surface area contributed by atoms with Crippen LogP contribution in [0.1, 0.15) is 18.4 Å². The van der Waals surface area contributed by atoms with Crippen molar-refractivity contribution < 1.29 is 9.18 Å². The molecule has 110 valence electrons. The molecule has 0 radical (unpaired) electrons. The van der Waals surface area contributed by atoms with Crippen LogP contribution >= 0.6 is 23.2 Å². The van der Waals surface area contributed by atoms with E-state index >= 15 is 0 Å². The van der Waals surface area contributed by atoms with Gasteiger partial charge in [-0.05, 0) is 36.8 Å². The van der Waals surface area contributed by atoms with Crippen molar-refractivity contribution in [3.05, 3.63) is 57.8 Å². The zero-order valence-corrected chi connectivity index (χ0v) is 12.7. The monoisotopic (exact) mass is 326 g/mol. The first-order valence-electron chi connectivity index (χ1n) is 6.19. The van der Waals surface area contributed by atoms with Crippen molar-refractivity contribution in [3.63, 3.8) is 0 Å². The molecule has 0 bridgehead atoms. The standard InChI is InChI=1S/C15H13Cl2FN2O/c1-8(9-3-2-4-10(19)5-9)15(21)20-11-6-12(16)14(18)13(17)7-11/h2-8H,19H2,1H3,(H,20,21). The number of anilines is 2. The molecule has 0 fully saturated rings. The number of halogens is 3. The molecule has 0 spiro atoms. The molecule has 2 rings (SSSR count). The van der Waals surface area contributed by atoms with Gasteiger partial charge in [-0.3, -0.25) is 4.79 Å². The van der Waals surface area contributed by atoms with Crippen molar-refractivity contribution in [2.24, 2.45) is 0 Å². The van der Waals surface area contributed by atoms with Crippen LogP contribution in [0.4, 0.5) is 15.8 Å². The molecule has 0 saturated heterocycles. The van der Waals surface area contributed by atoms with Crippen LogP contribution in [0.5, 0.6) is 0 Å². The fraction of sp³-hybridized carbons (Fsp3) is 0.133. The van der Waals surface area contributed by atoms with E-state index in [9.17, 15) is 9.18 Å². The largest absolute Gasteiger partial charge is 0.399 e. The molecule has 0 aliphatic rings. The minimum absolute atomic E-state index is 0.144. The third kappa shape index (κ3) is 3.65. The number of nitrogens with two attached hydrogens (primary N) is 1. The normalized spacial score (nSPS) is 12.0. The van der Waals surface area contributed by atoms with Gasteiger partial charge in [-0.2, -0.15) is 0 Å². The van der Waals surface area contributed by atoms with Crippen molar-refractivity contribution in [1.82, 2.24) is 0 Å². The summed E-state index contributed by atoms with van der Waals surface area (Å²) in [6.07, 6.45) is 0. The fourth-order valence-electron chi connectivity index (χ4n) is 1.86. The minimum Gasteiger partial charge on any atom is -0.399 e. The molecule has 6 heteroatoms. The van der Waals surface area contributed by atoms with E-state index in [-0.39, 0.29) is 16.0 Å². The second-order valence-corrected chi connectivity index (χ2v) is 5.45. The van der Waals surface area contributed by atoms with E-state index in [0.717, 1.165) is 5.56 Å². The number of nitrogen functional groups attached to an aromatic ring is 1. The fourth-order valence-corrected chi connectivity index (χ4v) is 2.34. The zero-order chi connectivity index (χ0) is 15.6. The number of rotatable bonds is 3. The van der Waals surface area contributed by atoms with Crippen molar-refractivity contribution in [2.45, 2.75) is 12.8 Å². The van der Waals surface area contributed by atoms with Crippen LogP contribution in [0.15, 0.2) is 36.4 Å². The van der Waals surface area contributed by atoms with Gasteiger partial charge in [0.05, 0.1) is 16.0 Å². The molecule has 1 atom stereocenters.